The van der Waals surface area contributed by atoms with Gasteiger partial charge in [0.1, 0.15) is 11.6 Å². The van der Waals surface area contributed by atoms with Crippen LogP contribution in [0, 0.1) is 11.6 Å². The van der Waals surface area contributed by atoms with Gasteiger partial charge in [0.05, 0.1) is 6.04 Å². The first kappa shape index (κ1) is 21.9. The molecule has 0 unspecified atom stereocenters. The molecule has 3 nitrogen and oxygen atoms in total. The smallest absolute Gasteiger partial charge is 0.328 e. The monoisotopic (exact) mass is 457 g/mol. The third-order valence-electron chi connectivity index (χ3n) is 7.03. The number of aliphatic carboxylic acids is 1. The molecule has 0 bridgehead atoms. The molecular formula is C26H23F4NO2. The summed E-state index contributed by atoms with van der Waals surface area (Å²) in [6.45, 7) is 1.92. The van der Waals surface area contributed by atoms with E-state index in [0.717, 1.165) is 46.6 Å². The van der Waals surface area contributed by atoms with Gasteiger partial charge < -0.3 is 5.11 Å². The molecule has 33 heavy (non-hydrogen) atoms. The highest BCUT2D eigenvalue weighted by molar-refractivity contribution is 5.85. The Bertz CT molecular complexity index is 1170. The fourth-order valence-electron chi connectivity index (χ4n) is 5.66. The van der Waals surface area contributed by atoms with Gasteiger partial charge in [0, 0.05) is 36.6 Å². The third-order valence-corrected chi connectivity index (χ3v) is 7.03. The molecule has 1 fully saturated rings. The van der Waals surface area contributed by atoms with E-state index in [1.807, 2.05) is 36.1 Å². The van der Waals surface area contributed by atoms with Crippen LogP contribution in [0.1, 0.15) is 54.5 Å². The highest BCUT2D eigenvalue weighted by atomic mass is 19.3. The van der Waals surface area contributed by atoms with Crippen molar-refractivity contribution in [1.82, 2.24) is 4.90 Å². The number of benzene rings is 2. The van der Waals surface area contributed by atoms with E-state index < -0.39 is 35.6 Å². The first-order valence-corrected chi connectivity index (χ1v) is 11.0. The maximum absolute atomic E-state index is 15.4. The van der Waals surface area contributed by atoms with E-state index in [1.165, 1.54) is 0 Å². The summed E-state index contributed by atoms with van der Waals surface area (Å²) in [6, 6.07) is 8.61. The van der Waals surface area contributed by atoms with E-state index in [2.05, 4.69) is 0 Å². The zero-order chi connectivity index (χ0) is 23.5. The number of halogens is 4. The quantitative estimate of drug-likeness (QED) is 0.452. The number of carboxylic acid groups (broad SMARTS) is 1. The minimum absolute atomic E-state index is 0.0886. The molecule has 0 saturated heterocycles. The fourth-order valence-corrected chi connectivity index (χ4v) is 5.66. The number of rotatable bonds is 4. The lowest BCUT2D eigenvalue weighted by Crippen LogP contribution is -2.56. The largest absolute Gasteiger partial charge is 0.478 e. The molecule has 3 aliphatic rings. The van der Waals surface area contributed by atoms with E-state index in [-0.39, 0.29) is 30.0 Å². The topological polar surface area (TPSA) is 40.5 Å². The highest BCUT2D eigenvalue weighted by Crippen LogP contribution is 2.53. The fraction of sp³-hybridized carbons (Fsp3) is 0.346. The molecule has 2 aromatic rings. The van der Waals surface area contributed by atoms with Crippen molar-refractivity contribution in [2.75, 3.05) is 0 Å². The van der Waals surface area contributed by atoms with Crippen molar-refractivity contribution in [3.63, 3.8) is 0 Å². The zero-order valence-corrected chi connectivity index (χ0v) is 18.0. The van der Waals surface area contributed by atoms with Gasteiger partial charge in [-0.1, -0.05) is 24.3 Å². The number of alkyl halides is 2. The zero-order valence-electron chi connectivity index (χ0n) is 18.0. The van der Waals surface area contributed by atoms with Crippen LogP contribution in [0.3, 0.4) is 0 Å². The lowest BCUT2D eigenvalue weighted by Gasteiger charge is -2.51. The van der Waals surface area contributed by atoms with Crippen LogP contribution in [0.2, 0.25) is 0 Å². The molecule has 0 amide bonds. The first-order valence-electron chi connectivity index (χ1n) is 11.0. The SMILES string of the molecule is C[C@H]1CC2=C(Cc3ccccc32)[C@H](c2c(F)cc(/C=C/C(=O)O)cc2F)N1C1CC(F)(F)C1. The van der Waals surface area contributed by atoms with Crippen LogP contribution in [0.25, 0.3) is 11.6 Å². The van der Waals surface area contributed by atoms with E-state index >= 15 is 8.78 Å². The van der Waals surface area contributed by atoms with Gasteiger partial charge in [0.25, 0.3) is 5.92 Å². The lowest BCUT2D eigenvalue weighted by molar-refractivity contribution is -0.138. The van der Waals surface area contributed by atoms with Crippen molar-refractivity contribution >= 4 is 17.6 Å². The van der Waals surface area contributed by atoms with Crippen LogP contribution in [-0.2, 0) is 11.2 Å². The minimum Gasteiger partial charge on any atom is -0.478 e. The van der Waals surface area contributed by atoms with Crippen LogP contribution in [0.5, 0.6) is 0 Å². The van der Waals surface area contributed by atoms with Crippen LogP contribution >= 0.6 is 0 Å². The van der Waals surface area contributed by atoms with Crippen molar-refractivity contribution in [3.8, 4) is 0 Å². The van der Waals surface area contributed by atoms with Crippen molar-refractivity contribution in [1.29, 1.82) is 0 Å². The van der Waals surface area contributed by atoms with Crippen LogP contribution in [-0.4, -0.2) is 34.0 Å². The van der Waals surface area contributed by atoms with Gasteiger partial charge in [-0.05, 0) is 65.8 Å². The van der Waals surface area contributed by atoms with Crippen molar-refractivity contribution < 1.29 is 27.5 Å². The second kappa shape index (κ2) is 7.83. The molecule has 1 heterocycles. The van der Waals surface area contributed by atoms with Crippen LogP contribution in [0.4, 0.5) is 17.6 Å². The summed E-state index contributed by atoms with van der Waals surface area (Å²) in [6.07, 6.45) is 2.43. The Morgan fingerprint density at radius 2 is 1.82 bits per heavy atom. The van der Waals surface area contributed by atoms with Gasteiger partial charge >= 0.3 is 5.97 Å². The average molecular weight is 457 g/mol. The Morgan fingerprint density at radius 3 is 2.45 bits per heavy atom. The summed E-state index contributed by atoms with van der Waals surface area (Å²) in [5.41, 5.74) is 3.96. The molecule has 2 atom stereocenters. The number of nitrogens with zero attached hydrogens (tertiary/aromatic N) is 1. The Morgan fingerprint density at radius 1 is 1.15 bits per heavy atom. The van der Waals surface area contributed by atoms with Gasteiger partial charge in [-0.25, -0.2) is 22.4 Å². The summed E-state index contributed by atoms with van der Waals surface area (Å²) in [5, 5.41) is 8.81. The normalized spacial score (nSPS) is 24.6. The van der Waals surface area contributed by atoms with Crippen LogP contribution in [0.15, 0.2) is 48.0 Å². The number of hydrogen-bond donors (Lipinski definition) is 1. The predicted octanol–water partition coefficient (Wildman–Crippen LogP) is 6.01. The third kappa shape index (κ3) is 3.78. The molecule has 5 rings (SSSR count). The molecular weight excluding hydrogens is 434 g/mol. The molecule has 0 aromatic heterocycles. The highest BCUT2D eigenvalue weighted by Gasteiger charge is 2.53. The number of carboxylic acids is 1. The molecule has 0 radical (unpaired) electrons. The Hall–Kier alpha value is -2.93. The molecule has 2 aliphatic carbocycles. The Labute approximate surface area is 189 Å². The molecule has 1 aliphatic heterocycles. The number of fused-ring (bicyclic) bond motifs is 2. The van der Waals surface area contributed by atoms with Crippen molar-refractivity contribution in [2.24, 2.45) is 0 Å². The average Bonchev–Trinajstić information content (AvgIpc) is 3.08. The minimum atomic E-state index is -2.76. The van der Waals surface area contributed by atoms with E-state index in [4.69, 9.17) is 5.11 Å². The van der Waals surface area contributed by atoms with Gasteiger partial charge in [0.15, 0.2) is 0 Å². The van der Waals surface area contributed by atoms with Gasteiger partial charge in [-0.3, -0.25) is 4.90 Å². The Kier molecular flexibility index (Phi) is 5.20. The maximum Gasteiger partial charge on any atom is 0.328 e. The van der Waals surface area contributed by atoms with Gasteiger partial charge in [0.2, 0.25) is 0 Å². The molecule has 2 aromatic carbocycles. The van der Waals surface area contributed by atoms with E-state index in [9.17, 15) is 13.6 Å². The van der Waals surface area contributed by atoms with E-state index in [0.29, 0.717) is 12.8 Å². The second-order valence-corrected chi connectivity index (χ2v) is 9.23. The molecule has 172 valence electrons. The van der Waals surface area contributed by atoms with Gasteiger partial charge in [-0.2, -0.15) is 0 Å². The molecule has 1 N–H and O–H groups in total. The molecule has 7 heteroatoms. The van der Waals surface area contributed by atoms with Crippen molar-refractivity contribution in [2.45, 2.75) is 56.7 Å². The van der Waals surface area contributed by atoms with Gasteiger partial charge in [-0.15, -0.1) is 0 Å². The lowest BCUT2D eigenvalue weighted by atomic mass is 9.78. The summed E-state index contributed by atoms with van der Waals surface area (Å²) in [4.78, 5) is 12.7. The maximum atomic E-state index is 15.4. The number of carbonyl (C=O) groups is 1. The summed E-state index contributed by atoms with van der Waals surface area (Å²) < 4.78 is 58.5. The first-order chi connectivity index (χ1) is 15.6. The molecule has 0 spiro atoms. The van der Waals surface area contributed by atoms with Crippen LogP contribution < -0.4 is 0 Å². The van der Waals surface area contributed by atoms with Crippen molar-refractivity contribution in [3.05, 3.63) is 81.9 Å². The number of hydrogen-bond acceptors (Lipinski definition) is 2. The summed E-state index contributed by atoms with van der Waals surface area (Å²) in [7, 11) is 0. The second-order valence-electron chi connectivity index (χ2n) is 9.23. The summed E-state index contributed by atoms with van der Waals surface area (Å²) >= 11 is 0. The molecule has 1 saturated carbocycles. The summed E-state index contributed by atoms with van der Waals surface area (Å²) in [5.74, 6) is -5.60. The standard InChI is InChI=1S/C26H23F4NO2/c1-14-8-19-18-5-3-2-4-16(18)11-20(19)25(31(14)17-12-26(29,30)13-17)24-21(27)9-15(10-22(24)28)6-7-23(32)33/h2-7,9-10,14,17,25H,8,11-13H2,1H3,(H,32,33)/b7-6+/t14-,25+/m0/s1. The predicted molar refractivity (Wildman–Crippen MR) is 117 cm³/mol. The van der Waals surface area contributed by atoms with E-state index in [1.54, 1.807) is 0 Å². The Balaban J connectivity index is 1.63.